The number of hydrogen-bond donors (Lipinski definition) is 0. The lowest BCUT2D eigenvalue weighted by atomic mass is 9.96. The van der Waals surface area contributed by atoms with Gasteiger partial charge in [-0.15, -0.1) is 0 Å². The molecule has 3 atom stereocenters. The van der Waals surface area contributed by atoms with Crippen LogP contribution in [0.25, 0.3) is 0 Å². The number of carbonyl (C=O) groups is 1. The summed E-state index contributed by atoms with van der Waals surface area (Å²) in [5.41, 5.74) is -1.21. The summed E-state index contributed by atoms with van der Waals surface area (Å²) in [6.45, 7) is 7.21. The molecule has 0 fully saturated rings. The first-order valence-electron chi connectivity index (χ1n) is 11.9. The number of para-hydroxylation sites is 1. The zero-order valence-electron chi connectivity index (χ0n) is 20.6. The van der Waals surface area contributed by atoms with E-state index in [1.54, 1.807) is 76.2 Å². The van der Waals surface area contributed by atoms with Crippen LogP contribution in [0.1, 0.15) is 55.7 Å². The highest BCUT2D eigenvalue weighted by Crippen LogP contribution is 2.71. The van der Waals surface area contributed by atoms with Crippen LogP contribution in [0, 0.1) is 0 Å². The van der Waals surface area contributed by atoms with Gasteiger partial charge in [0.15, 0.2) is 5.78 Å². The fraction of sp³-hybridized carbons (Fsp3) is 0.480. The summed E-state index contributed by atoms with van der Waals surface area (Å²) in [5.74, 6) is 0.198. The highest BCUT2D eigenvalue weighted by Gasteiger charge is 2.56. The Bertz CT molecular complexity index is 1050. The minimum absolute atomic E-state index is 0.0834. The Kier molecular flexibility index (Phi) is 9.88. The van der Waals surface area contributed by atoms with Gasteiger partial charge in [-0.1, -0.05) is 42.5 Å². The van der Waals surface area contributed by atoms with Crippen molar-refractivity contribution in [3.05, 3.63) is 65.7 Å². The number of Topliss-reactive ketones (excluding diaryl/α,β-unsaturated/α-hetero) is 1. The van der Waals surface area contributed by atoms with Gasteiger partial charge in [0.2, 0.25) is 0 Å². The Morgan fingerprint density at radius 3 is 1.89 bits per heavy atom. The predicted octanol–water partition coefficient (Wildman–Crippen LogP) is 6.66. The number of benzene rings is 2. The minimum atomic E-state index is -4.01. The van der Waals surface area contributed by atoms with E-state index in [1.165, 1.54) is 0 Å². The summed E-state index contributed by atoms with van der Waals surface area (Å²) in [5, 5.41) is 0. The largest absolute Gasteiger partial charge is 0.488 e. The summed E-state index contributed by atoms with van der Waals surface area (Å²) in [7, 11) is -7.96. The molecule has 0 amide bonds. The van der Waals surface area contributed by atoms with Crippen molar-refractivity contribution < 1.29 is 36.8 Å². The Hall–Kier alpha value is -1.79. The Morgan fingerprint density at radius 1 is 0.800 bits per heavy atom. The molecule has 0 bridgehead atoms. The van der Waals surface area contributed by atoms with Crippen LogP contribution >= 0.6 is 15.2 Å². The molecule has 8 nitrogen and oxygen atoms in total. The maximum atomic E-state index is 14.4. The number of fused-ring (bicyclic) bond motifs is 1. The van der Waals surface area contributed by atoms with Crippen molar-refractivity contribution in [2.24, 2.45) is 0 Å². The molecular weight excluding hydrogens is 490 g/mol. The van der Waals surface area contributed by atoms with Crippen molar-refractivity contribution in [2.75, 3.05) is 26.4 Å². The molecule has 0 aliphatic carbocycles. The Morgan fingerprint density at radius 2 is 1.31 bits per heavy atom. The fourth-order valence-corrected chi connectivity index (χ4v) is 9.84. The van der Waals surface area contributed by atoms with Gasteiger partial charge in [0.1, 0.15) is 23.2 Å². The van der Waals surface area contributed by atoms with Crippen LogP contribution in [0.4, 0.5) is 0 Å². The minimum Gasteiger partial charge on any atom is -0.488 e. The fourth-order valence-electron chi connectivity index (χ4n) is 4.41. The molecular formula is C25H34O8P2. The van der Waals surface area contributed by atoms with Crippen molar-refractivity contribution >= 4 is 21.0 Å². The third-order valence-electron chi connectivity index (χ3n) is 5.64. The van der Waals surface area contributed by atoms with Gasteiger partial charge in [-0.25, -0.2) is 0 Å². The third kappa shape index (κ3) is 6.14. The maximum Gasteiger partial charge on any atom is 0.339 e. The number of hydrogen-bond acceptors (Lipinski definition) is 8. The number of carbonyl (C=O) groups excluding carboxylic acids is 1. The average Bonchev–Trinajstić information content (AvgIpc) is 2.83. The van der Waals surface area contributed by atoms with Gasteiger partial charge < -0.3 is 22.8 Å². The molecule has 3 unspecified atom stereocenters. The lowest BCUT2D eigenvalue weighted by Gasteiger charge is -2.41. The van der Waals surface area contributed by atoms with Crippen molar-refractivity contribution in [3.63, 3.8) is 0 Å². The van der Waals surface area contributed by atoms with Gasteiger partial charge in [0.05, 0.1) is 32.0 Å². The summed E-state index contributed by atoms with van der Waals surface area (Å²) < 4.78 is 58.1. The second-order valence-electron chi connectivity index (χ2n) is 7.88. The van der Waals surface area contributed by atoms with E-state index in [4.69, 9.17) is 22.8 Å². The van der Waals surface area contributed by atoms with Crippen molar-refractivity contribution in [1.82, 2.24) is 0 Å². The normalized spacial score (nSPS) is 17.9. The Balaban J connectivity index is 2.26. The lowest BCUT2D eigenvalue weighted by molar-refractivity contribution is 0.0806. The maximum absolute atomic E-state index is 14.4. The zero-order chi connectivity index (χ0) is 25.5. The smallest absolute Gasteiger partial charge is 0.339 e. The molecule has 0 saturated carbocycles. The van der Waals surface area contributed by atoms with Crippen LogP contribution in [-0.2, 0) is 27.2 Å². The van der Waals surface area contributed by atoms with Crippen LogP contribution in [0.15, 0.2) is 54.6 Å². The van der Waals surface area contributed by atoms with Gasteiger partial charge in [-0.3, -0.25) is 13.9 Å². The molecule has 2 aromatic rings. The quantitative estimate of drug-likeness (QED) is 0.268. The highest BCUT2D eigenvalue weighted by atomic mass is 31.2. The van der Waals surface area contributed by atoms with Crippen LogP contribution < -0.4 is 4.74 Å². The topological polar surface area (TPSA) is 97.4 Å². The molecule has 2 aromatic carbocycles. The second-order valence-corrected chi connectivity index (χ2v) is 12.2. The van der Waals surface area contributed by atoms with Gasteiger partial charge in [0.25, 0.3) is 0 Å². The third-order valence-corrected chi connectivity index (χ3v) is 11.0. The molecule has 1 heterocycles. The molecule has 192 valence electrons. The average molecular weight is 524 g/mol. The van der Waals surface area contributed by atoms with E-state index in [-0.39, 0.29) is 38.6 Å². The van der Waals surface area contributed by atoms with E-state index in [2.05, 4.69) is 0 Å². The number of rotatable bonds is 13. The van der Waals surface area contributed by atoms with Crippen molar-refractivity contribution in [1.29, 1.82) is 0 Å². The van der Waals surface area contributed by atoms with Crippen LogP contribution in [-0.4, -0.2) is 44.0 Å². The molecule has 0 saturated heterocycles. The van der Waals surface area contributed by atoms with E-state index in [1.807, 2.05) is 6.07 Å². The molecule has 1 aliphatic heterocycles. The summed E-state index contributed by atoms with van der Waals surface area (Å²) in [6, 6.07) is 15.8. The molecule has 0 N–H and O–H groups in total. The van der Waals surface area contributed by atoms with E-state index >= 15 is 0 Å². The van der Waals surface area contributed by atoms with Gasteiger partial charge in [-0.2, -0.15) is 0 Å². The standard InChI is InChI=1S/C25H34O8P2/c1-5-29-34(27,30-6-2)24(19-14-10-9-11-15-19)25(35(28,31-7-3)32-8-4)23-18-21(26)20-16-12-13-17-22(20)33-23/h9-17,23-25H,5-8,18H2,1-4H3. The first kappa shape index (κ1) is 27.8. The van der Waals surface area contributed by atoms with E-state index in [9.17, 15) is 13.9 Å². The highest BCUT2D eigenvalue weighted by molar-refractivity contribution is 7.59. The molecule has 3 rings (SSSR count). The van der Waals surface area contributed by atoms with Gasteiger partial charge in [-0.05, 0) is 45.4 Å². The first-order valence-corrected chi connectivity index (χ1v) is 15.2. The van der Waals surface area contributed by atoms with E-state index < -0.39 is 32.6 Å². The summed E-state index contributed by atoms with van der Waals surface area (Å²) in [6.07, 6.45) is -1.05. The molecule has 35 heavy (non-hydrogen) atoms. The summed E-state index contributed by atoms with van der Waals surface area (Å²) >= 11 is 0. The van der Waals surface area contributed by atoms with Crippen LogP contribution in [0.5, 0.6) is 5.75 Å². The Labute approximate surface area is 207 Å². The number of ether oxygens (including phenoxy) is 1. The van der Waals surface area contributed by atoms with Crippen LogP contribution in [0.2, 0.25) is 0 Å². The van der Waals surface area contributed by atoms with Gasteiger partial charge >= 0.3 is 15.2 Å². The number of ketones is 1. The first-order chi connectivity index (χ1) is 16.8. The molecule has 10 heteroatoms. The second kappa shape index (κ2) is 12.4. The monoisotopic (exact) mass is 524 g/mol. The van der Waals surface area contributed by atoms with Gasteiger partial charge in [0, 0.05) is 6.42 Å². The molecule has 0 spiro atoms. The summed E-state index contributed by atoms with van der Waals surface area (Å²) in [4.78, 5) is 13.1. The predicted molar refractivity (Wildman–Crippen MR) is 134 cm³/mol. The van der Waals surface area contributed by atoms with Crippen molar-refractivity contribution in [3.8, 4) is 5.75 Å². The van der Waals surface area contributed by atoms with Crippen LogP contribution in [0.3, 0.4) is 0 Å². The van der Waals surface area contributed by atoms with E-state index in [0.717, 1.165) is 0 Å². The molecule has 0 radical (unpaired) electrons. The lowest BCUT2D eigenvalue weighted by Crippen LogP contribution is -2.42. The van der Waals surface area contributed by atoms with Crippen molar-refractivity contribution in [2.45, 2.75) is 51.5 Å². The zero-order valence-corrected chi connectivity index (χ0v) is 22.4. The van der Waals surface area contributed by atoms with E-state index in [0.29, 0.717) is 16.9 Å². The SMILES string of the molecule is CCOP(=O)(OCC)C(c1ccccc1)C(C1CC(=O)c2ccccc2O1)P(=O)(OCC)OCC. The molecule has 1 aliphatic rings. The molecule has 0 aromatic heterocycles.